The first-order valence-corrected chi connectivity index (χ1v) is 7.45. The third-order valence-corrected chi connectivity index (χ3v) is 3.88. The maximum absolute atomic E-state index is 12.0. The lowest BCUT2D eigenvalue weighted by molar-refractivity contribution is -0.131. The molecule has 2 rings (SSSR count). The zero-order chi connectivity index (χ0) is 14.2. The first-order chi connectivity index (χ1) is 8.77. The first kappa shape index (κ1) is 14.2. The molecule has 1 N–H and O–H groups in total. The van der Waals surface area contributed by atoms with Crippen LogP contribution in [-0.4, -0.2) is 38.3 Å². The Hall–Kier alpha value is -1.17. The van der Waals surface area contributed by atoms with E-state index in [2.05, 4.69) is 49.3 Å². The number of nitrogens with zero attached hydrogens (tertiary/aromatic N) is 3. The van der Waals surface area contributed by atoms with E-state index in [0.29, 0.717) is 12.3 Å². The molecule has 1 atom stereocenters. The molecule has 1 aromatic rings. The van der Waals surface area contributed by atoms with Crippen molar-refractivity contribution in [2.45, 2.75) is 58.5 Å². The second kappa shape index (κ2) is 5.07. The number of anilines is 1. The minimum atomic E-state index is -0.113. The Morgan fingerprint density at radius 3 is 2.58 bits per heavy atom. The summed E-state index contributed by atoms with van der Waals surface area (Å²) in [5.41, 5.74) is -0.113. The lowest BCUT2D eigenvalue weighted by Crippen LogP contribution is -2.43. The molecule has 106 valence electrons. The van der Waals surface area contributed by atoms with Crippen molar-refractivity contribution in [3.8, 4) is 0 Å². The number of carbonyl (C=O) groups excluding carboxylic acids is 1. The Kier molecular flexibility index (Phi) is 3.80. The second-order valence-corrected chi connectivity index (χ2v) is 7.08. The van der Waals surface area contributed by atoms with Crippen LogP contribution in [0.15, 0.2) is 0 Å². The summed E-state index contributed by atoms with van der Waals surface area (Å²) in [5, 5.41) is 4.15. The predicted octanol–water partition coefficient (Wildman–Crippen LogP) is 2.47. The van der Waals surface area contributed by atoms with E-state index in [1.165, 1.54) is 11.5 Å². The number of nitrogens with one attached hydrogen (secondary N) is 1. The number of amides is 1. The third kappa shape index (κ3) is 3.23. The average Bonchev–Trinajstić information content (AvgIpc) is 2.85. The van der Waals surface area contributed by atoms with Crippen LogP contribution in [0.1, 0.15) is 52.8 Å². The largest absolute Gasteiger partial charge is 0.355 e. The topological polar surface area (TPSA) is 58.1 Å². The molecule has 5 nitrogen and oxygen atoms in total. The highest BCUT2D eigenvalue weighted by molar-refractivity contribution is 7.09. The standard InChI is InChI=1S/C13H22N4OS/c1-8(2)11-15-12(19-16-11)14-9-6-10(18)17(7-9)13(3,4)5/h8-9H,6-7H2,1-5H3,(H,14,15,16)/t9-/m0/s1. The van der Waals surface area contributed by atoms with Crippen LogP contribution in [0.4, 0.5) is 5.13 Å². The van der Waals surface area contributed by atoms with Gasteiger partial charge in [0.25, 0.3) is 0 Å². The maximum Gasteiger partial charge on any atom is 0.225 e. The van der Waals surface area contributed by atoms with E-state index < -0.39 is 0 Å². The van der Waals surface area contributed by atoms with E-state index in [-0.39, 0.29) is 17.5 Å². The molecular formula is C13H22N4OS. The Morgan fingerprint density at radius 1 is 1.42 bits per heavy atom. The third-order valence-electron chi connectivity index (χ3n) is 3.22. The van der Waals surface area contributed by atoms with Gasteiger partial charge < -0.3 is 10.2 Å². The van der Waals surface area contributed by atoms with Gasteiger partial charge in [-0.3, -0.25) is 4.79 Å². The number of hydrogen-bond acceptors (Lipinski definition) is 5. The van der Waals surface area contributed by atoms with Gasteiger partial charge in [-0.2, -0.15) is 4.37 Å². The monoisotopic (exact) mass is 282 g/mol. The molecule has 0 unspecified atom stereocenters. The van der Waals surface area contributed by atoms with Crippen molar-refractivity contribution in [1.82, 2.24) is 14.3 Å². The number of likely N-dealkylation sites (tertiary alicyclic amines) is 1. The molecule has 0 aromatic carbocycles. The quantitative estimate of drug-likeness (QED) is 0.925. The summed E-state index contributed by atoms with van der Waals surface area (Å²) < 4.78 is 4.31. The normalized spacial score (nSPS) is 20.4. The van der Waals surface area contributed by atoms with E-state index in [9.17, 15) is 4.79 Å². The molecule has 1 amide bonds. The smallest absolute Gasteiger partial charge is 0.225 e. The summed E-state index contributed by atoms with van der Waals surface area (Å²) in [7, 11) is 0. The Morgan fingerprint density at radius 2 is 2.11 bits per heavy atom. The highest BCUT2D eigenvalue weighted by atomic mass is 32.1. The van der Waals surface area contributed by atoms with Crippen molar-refractivity contribution in [3.63, 3.8) is 0 Å². The highest BCUT2D eigenvalue weighted by Gasteiger charge is 2.36. The molecule has 0 bridgehead atoms. The van der Waals surface area contributed by atoms with Gasteiger partial charge in [-0.1, -0.05) is 13.8 Å². The van der Waals surface area contributed by atoms with Crippen LogP contribution < -0.4 is 5.32 Å². The minimum Gasteiger partial charge on any atom is -0.355 e. The zero-order valence-corrected chi connectivity index (χ0v) is 13.0. The van der Waals surface area contributed by atoms with Gasteiger partial charge >= 0.3 is 0 Å². The predicted molar refractivity (Wildman–Crippen MR) is 77.5 cm³/mol. The maximum atomic E-state index is 12.0. The summed E-state index contributed by atoms with van der Waals surface area (Å²) in [6, 6.07) is 0.139. The fraction of sp³-hybridized carbons (Fsp3) is 0.769. The molecule has 1 aliphatic rings. The summed E-state index contributed by atoms with van der Waals surface area (Å²) in [6.07, 6.45) is 0.536. The van der Waals surface area contributed by atoms with Crippen LogP contribution in [0.25, 0.3) is 0 Å². The molecule has 19 heavy (non-hydrogen) atoms. The zero-order valence-electron chi connectivity index (χ0n) is 12.2. The minimum absolute atomic E-state index is 0.113. The summed E-state index contributed by atoms with van der Waals surface area (Å²) in [6.45, 7) is 11.1. The van der Waals surface area contributed by atoms with Gasteiger partial charge in [0.15, 0.2) is 0 Å². The number of aromatic nitrogens is 2. The van der Waals surface area contributed by atoms with Gasteiger partial charge in [-0.05, 0) is 20.8 Å². The molecule has 0 saturated carbocycles. The van der Waals surface area contributed by atoms with Crippen molar-refractivity contribution in [2.75, 3.05) is 11.9 Å². The number of carbonyl (C=O) groups is 1. The van der Waals surface area contributed by atoms with Gasteiger partial charge in [0.05, 0.1) is 6.04 Å². The van der Waals surface area contributed by atoms with Crippen LogP contribution in [0.5, 0.6) is 0 Å². The first-order valence-electron chi connectivity index (χ1n) is 6.68. The van der Waals surface area contributed by atoms with E-state index in [0.717, 1.165) is 17.5 Å². The molecule has 1 saturated heterocycles. The van der Waals surface area contributed by atoms with E-state index in [4.69, 9.17) is 0 Å². The van der Waals surface area contributed by atoms with Crippen molar-refractivity contribution in [3.05, 3.63) is 5.82 Å². The fourth-order valence-corrected chi connectivity index (χ4v) is 2.94. The lowest BCUT2D eigenvalue weighted by Gasteiger charge is -2.32. The van der Waals surface area contributed by atoms with E-state index >= 15 is 0 Å². The highest BCUT2D eigenvalue weighted by Crippen LogP contribution is 2.25. The molecule has 1 aromatic heterocycles. The van der Waals surface area contributed by atoms with Gasteiger partial charge in [-0.15, -0.1) is 0 Å². The van der Waals surface area contributed by atoms with Crippen molar-refractivity contribution < 1.29 is 4.79 Å². The SMILES string of the molecule is CC(C)c1nsc(N[C@H]2CC(=O)N(C(C)(C)C)C2)n1. The summed E-state index contributed by atoms with van der Waals surface area (Å²) >= 11 is 1.37. The summed E-state index contributed by atoms with van der Waals surface area (Å²) in [4.78, 5) is 18.4. The van der Waals surface area contributed by atoms with Gasteiger partial charge in [0.1, 0.15) is 5.82 Å². The van der Waals surface area contributed by atoms with E-state index in [1.807, 2.05) is 4.90 Å². The van der Waals surface area contributed by atoms with Crippen LogP contribution in [0.3, 0.4) is 0 Å². The second-order valence-electron chi connectivity index (χ2n) is 6.33. The average molecular weight is 282 g/mol. The van der Waals surface area contributed by atoms with Gasteiger partial charge in [-0.25, -0.2) is 4.98 Å². The molecular weight excluding hydrogens is 260 g/mol. The van der Waals surface area contributed by atoms with Crippen LogP contribution >= 0.6 is 11.5 Å². The molecule has 1 aliphatic heterocycles. The molecule has 0 spiro atoms. The Labute approximate surface area is 118 Å². The summed E-state index contributed by atoms with van der Waals surface area (Å²) in [5.74, 6) is 1.41. The molecule has 0 radical (unpaired) electrons. The lowest BCUT2D eigenvalue weighted by atomic mass is 10.1. The Bertz CT molecular complexity index is 463. The Balaban J connectivity index is 1.99. The number of hydrogen-bond donors (Lipinski definition) is 1. The van der Waals surface area contributed by atoms with Crippen LogP contribution in [0.2, 0.25) is 0 Å². The van der Waals surface area contributed by atoms with Crippen LogP contribution in [-0.2, 0) is 4.79 Å². The number of rotatable bonds is 3. The molecule has 0 aliphatic carbocycles. The molecule has 6 heteroatoms. The fourth-order valence-electron chi connectivity index (χ4n) is 2.15. The van der Waals surface area contributed by atoms with E-state index in [1.54, 1.807) is 0 Å². The van der Waals surface area contributed by atoms with Crippen molar-refractivity contribution in [1.29, 1.82) is 0 Å². The molecule has 2 heterocycles. The van der Waals surface area contributed by atoms with Crippen molar-refractivity contribution in [2.24, 2.45) is 0 Å². The van der Waals surface area contributed by atoms with Gasteiger partial charge in [0.2, 0.25) is 11.0 Å². The van der Waals surface area contributed by atoms with Crippen molar-refractivity contribution >= 4 is 22.6 Å². The van der Waals surface area contributed by atoms with Gasteiger partial charge in [0, 0.05) is 36.0 Å². The van der Waals surface area contributed by atoms with Crippen LogP contribution in [0, 0.1) is 0 Å². The molecule has 1 fully saturated rings.